The van der Waals surface area contributed by atoms with Gasteiger partial charge >= 0.3 is 0 Å². The fourth-order valence-electron chi connectivity index (χ4n) is 3.08. The Morgan fingerprint density at radius 2 is 2.07 bits per heavy atom. The fraction of sp³-hybridized carbons (Fsp3) is 0.333. The molecule has 29 heavy (non-hydrogen) atoms. The molecule has 8 N–H and O–H groups in total. The van der Waals surface area contributed by atoms with Crippen LogP contribution in [0.4, 0.5) is 5.69 Å². The summed E-state index contributed by atoms with van der Waals surface area (Å²) in [6, 6.07) is 6.90. The van der Waals surface area contributed by atoms with Crippen LogP contribution < -0.4 is 22.5 Å². The van der Waals surface area contributed by atoms with Crippen molar-refractivity contribution in [3.05, 3.63) is 36.9 Å². The number of hydrogen-bond donors (Lipinski definition) is 5. The summed E-state index contributed by atoms with van der Waals surface area (Å²) in [6.07, 6.45) is 6.77. The zero-order valence-corrected chi connectivity index (χ0v) is 15.8. The number of nitrogens with one attached hydrogen (secondary N) is 2. The zero-order valence-electron chi connectivity index (χ0n) is 15.8. The Hall–Kier alpha value is -3.60. The first-order chi connectivity index (χ1) is 13.9. The van der Waals surface area contributed by atoms with Gasteiger partial charge in [-0.05, 0) is 31.0 Å². The Balaban J connectivity index is 1.86. The van der Waals surface area contributed by atoms with Gasteiger partial charge in [0.1, 0.15) is 12.7 Å². The van der Waals surface area contributed by atoms with E-state index in [2.05, 4.69) is 25.4 Å². The highest BCUT2D eigenvalue weighted by molar-refractivity contribution is 6.67. The number of nitrogens with two attached hydrogens (primary N) is 3. The molecule has 1 saturated carbocycles. The number of amidine groups is 1. The molecule has 1 aliphatic carbocycles. The van der Waals surface area contributed by atoms with Gasteiger partial charge in [0, 0.05) is 11.7 Å². The fourth-order valence-corrected chi connectivity index (χ4v) is 3.08. The van der Waals surface area contributed by atoms with Crippen LogP contribution >= 0.6 is 0 Å². The van der Waals surface area contributed by atoms with Gasteiger partial charge < -0.3 is 22.5 Å². The highest BCUT2D eigenvalue weighted by Crippen LogP contribution is 2.19. The number of aromatic nitrogens is 3. The van der Waals surface area contributed by atoms with Gasteiger partial charge in [-0.15, -0.1) is 0 Å². The lowest BCUT2D eigenvalue weighted by Crippen LogP contribution is -2.38. The Kier molecular flexibility index (Phi) is 6.29. The molecule has 0 unspecified atom stereocenters. The van der Waals surface area contributed by atoms with Crippen molar-refractivity contribution in [1.82, 2.24) is 14.8 Å². The molecule has 1 amide bonds. The van der Waals surface area contributed by atoms with Gasteiger partial charge in [-0.25, -0.2) is 14.7 Å². The molecular weight excluding hydrogens is 372 g/mol. The first-order valence-corrected chi connectivity index (χ1v) is 9.22. The number of amides is 1. The first kappa shape index (κ1) is 20.1. The highest BCUT2D eigenvalue weighted by atomic mass is 16.1. The number of anilines is 1. The van der Waals surface area contributed by atoms with Gasteiger partial charge in [0.25, 0.3) is 5.91 Å². The number of aliphatic imine (C=N–C) groups is 2. The number of carbonyl (C=O) groups is 1. The monoisotopic (exact) mass is 396 g/mol. The van der Waals surface area contributed by atoms with Crippen molar-refractivity contribution >= 4 is 29.1 Å². The third kappa shape index (κ3) is 5.23. The molecule has 1 fully saturated rings. The van der Waals surface area contributed by atoms with Gasteiger partial charge in [-0.3, -0.25) is 10.2 Å². The summed E-state index contributed by atoms with van der Waals surface area (Å²) in [5, 5.41) is 14.9. The van der Waals surface area contributed by atoms with Crippen molar-refractivity contribution in [3.8, 4) is 5.69 Å². The lowest BCUT2D eigenvalue weighted by atomic mass is 9.91. The number of benzene rings is 1. The van der Waals surface area contributed by atoms with E-state index in [9.17, 15) is 4.79 Å². The SMILES string of the molecule is N=C(C(N)=O)C(=NC(N)=N[C@@H]1CCCC[C@@H]1N)Nc1cccc(-n2cncn2)c1. The van der Waals surface area contributed by atoms with E-state index in [0.29, 0.717) is 5.69 Å². The maximum Gasteiger partial charge on any atom is 0.270 e. The Morgan fingerprint density at radius 3 is 2.76 bits per heavy atom. The van der Waals surface area contributed by atoms with Gasteiger partial charge in [0.15, 0.2) is 11.5 Å². The van der Waals surface area contributed by atoms with Crippen molar-refractivity contribution < 1.29 is 4.79 Å². The van der Waals surface area contributed by atoms with Gasteiger partial charge in [0.2, 0.25) is 5.96 Å². The normalized spacial score (nSPS) is 20.3. The van der Waals surface area contributed by atoms with Crippen LogP contribution in [0.5, 0.6) is 0 Å². The van der Waals surface area contributed by atoms with Crippen molar-refractivity contribution in [2.24, 2.45) is 27.2 Å². The predicted octanol–water partition coefficient (Wildman–Crippen LogP) is 0.167. The van der Waals surface area contributed by atoms with E-state index in [-0.39, 0.29) is 23.9 Å². The number of hydrogen-bond acceptors (Lipinski definition) is 6. The quantitative estimate of drug-likeness (QED) is 0.354. The summed E-state index contributed by atoms with van der Waals surface area (Å²) < 4.78 is 1.57. The molecule has 0 spiro atoms. The molecule has 0 radical (unpaired) electrons. The van der Waals surface area contributed by atoms with Gasteiger partial charge in [-0.2, -0.15) is 10.1 Å². The van der Waals surface area contributed by atoms with E-state index < -0.39 is 11.6 Å². The Labute approximate surface area is 167 Å². The second-order valence-electron chi connectivity index (χ2n) is 6.72. The number of rotatable bonds is 5. The molecule has 0 aliphatic heterocycles. The Morgan fingerprint density at radius 1 is 1.28 bits per heavy atom. The van der Waals surface area contributed by atoms with E-state index in [0.717, 1.165) is 31.4 Å². The molecule has 2 atom stereocenters. The third-order valence-corrected chi connectivity index (χ3v) is 4.58. The molecule has 0 bridgehead atoms. The minimum atomic E-state index is -0.939. The summed E-state index contributed by atoms with van der Waals surface area (Å²) in [6.45, 7) is 0. The summed E-state index contributed by atoms with van der Waals surface area (Å²) in [5.41, 5.74) is 18.1. The van der Waals surface area contributed by atoms with Crippen LogP contribution in [0, 0.1) is 5.41 Å². The van der Waals surface area contributed by atoms with Crippen LogP contribution in [0.3, 0.4) is 0 Å². The molecular formula is C18H24N10O. The van der Waals surface area contributed by atoms with Gasteiger partial charge in [-0.1, -0.05) is 18.9 Å². The lowest BCUT2D eigenvalue weighted by molar-refractivity contribution is -0.111. The van der Waals surface area contributed by atoms with Crippen molar-refractivity contribution in [1.29, 1.82) is 5.41 Å². The average Bonchev–Trinajstić information content (AvgIpc) is 3.24. The maximum absolute atomic E-state index is 11.6. The van der Waals surface area contributed by atoms with E-state index in [1.165, 1.54) is 6.33 Å². The molecule has 2 aromatic rings. The average molecular weight is 396 g/mol. The van der Waals surface area contributed by atoms with Gasteiger partial charge in [0.05, 0.1) is 11.7 Å². The molecule has 1 aromatic carbocycles. The van der Waals surface area contributed by atoms with Crippen LogP contribution in [0.2, 0.25) is 0 Å². The second kappa shape index (κ2) is 9.06. The molecule has 11 nitrogen and oxygen atoms in total. The predicted molar refractivity (Wildman–Crippen MR) is 111 cm³/mol. The number of guanidine groups is 1. The van der Waals surface area contributed by atoms with Crippen LogP contribution in [-0.2, 0) is 4.79 Å². The van der Waals surface area contributed by atoms with Crippen LogP contribution in [0.1, 0.15) is 25.7 Å². The highest BCUT2D eigenvalue weighted by Gasteiger charge is 2.22. The standard InChI is InChI=1S/C18H24N10O/c19-13-6-1-2-7-14(13)26-18(22)27-17(15(20)16(21)29)25-11-4-3-5-12(8-11)28-10-23-9-24-28/h3-5,8-10,13-14,20H,1-2,6-7,19H2,(H2,21,29)(H3,22,25,26,27)/t13-,14+/m0/s1. The molecule has 11 heteroatoms. The number of primary amides is 1. The van der Waals surface area contributed by atoms with Crippen molar-refractivity contribution in [2.45, 2.75) is 37.8 Å². The molecule has 0 saturated heterocycles. The molecule has 152 valence electrons. The molecule has 1 heterocycles. The summed E-state index contributed by atoms with van der Waals surface area (Å²) in [4.78, 5) is 24.0. The Bertz CT molecular complexity index is 934. The zero-order chi connectivity index (χ0) is 20.8. The minimum absolute atomic E-state index is 0.0618. The number of nitrogens with zero attached hydrogens (tertiary/aromatic N) is 5. The largest absolute Gasteiger partial charge is 0.368 e. The van der Waals surface area contributed by atoms with E-state index in [1.807, 2.05) is 6.07 Å². The summed E-state index contributed by atoms with van der Waals surface area (Å²) in [5.74, 6) is -1.10. The van der Waals surface area contributed by atoms with Crippen LogP contribution in [0.25, 0.3) is 5.69 Å². The van der Waals surface area contributed by atoms with Crippen molar-refractivity contribution in [2.75, 3.05) is 5.32 Å². The molecule has 3 rings (SSSR count). The minimum Gasteiger partial charge on any atom is -0.368 e. The topological polar surface area (TPSA) is 186 Å². The summed E-state index contributed by atoms with van der Waals surface area (Å²) in [7, 11) is 0. The van der Waals surface area contributed by atoms with E-state index >= 15 is 0 Å². The molecule has 1 aromatic heterocycles. The van der Waals surface area contributed by atoms with Crippen LogP contribution in [-0.4, -0.2) is 50.3 Å². The van der Waals surface area contributed by atoms with E-state index in [1.54, 1.807) is 29.2 Å². The number of carbonyl (C=O) groups excluding carboxylic acids is 1. The molecule has 1 aliphatic rings. The van der Waals surface area contributed by atoms with E-state index in [4.69, 9.17) is 22.6 Å². The third-order valence-electron chi connectivity index (χ3n) is 4.58. The maximum atomic E-state index is 11.6. The van der Waals surface area contributed by atoms with Crippen LogP contribution in [0.15, 0.2) is 46.9 Å². The first-order valence-electron chi connectivity index (χ1n) is 9.22. The lowest BCUT2D eigenvalue weighted by Gasteiger charge is -2.25. The second-order valence-corrected chi connectivity index (χ2v) is 6.72. The van der Waals surface area contributed by atoms with Crippen molar-refractivity contribution in [3.63, 3.8) is 0 Å². The smallest absolute Gasteiger partial charge is 0.270 e. The summed E-state index contributed by atoms with van der Waals surface area (Å²) >= 11 is 0.